The van der Waals surface area contributed by atoms with Crippen LogP contribution in [-0.4, -0.2) is 347 Å². The fraction of sp³-hybridized carbons (Fsp3) is 0.750. The van der Waals surface area contributed by atoms with Crippen LogP contribution in [0.25, 0.3) is 0 Å². The lowest BCUT2D eigenvalue weighted by Gasteiger charge is -2.46. The molecule has 4 heterocycles. The summed E-state index contributed by atoms with van der Waals surface area (Å²) < 4.78 is 41.0. The molecule has 26 N–H and O–H groups in total. The number of primary amides is 1. The van der Waals surface area contributed by atoms with Gasteiger partial charge in [-0.25, -0.2) is 4.79 Å². The first-order valence-electron chi connectivity index (χ1n) is 42.2. The summed E-state index contributed by atoms with van der Waals surface area (Å²) in [7, 11) is 1.02. The summed E-state index contributed by atoms with van der Waals surface area (Å²) in [5, 5.41) is 164. The Morgan fingerprint density at radius 3 is 1.81 bits per heavy atom. The van der Waals surface area contributed by atoms with Crippen molar-refractivity contribution in [2.45, 2.75) is 342 Å². The second-order valence-electron chi connectivity index (χ2n) is 31.7. The first-order valence-corrected chi connectivity index (χ1v) is 42.2. The summed E-state index contributed by atoms with van der Waals surface area (Å²) in [6, 6.07) is -10.7. The average Bonchev–Trinajstić information content (AvgIpc) is 0.794. The maximum Gasteiger partial charge on any atom is 0.328 e. The van der Waals surface area contributed by atoms with E-state index in [-0.39, 0.29) is 50.0 Å². The summed E-state index contributed by atoms with van der Waals surface area (Å²) in [4.78, 5) is 173. The van der Waals surface area contributed by atoms with Crippen LogP contribution in [0.2, 0.25) is 0 Å². The van der Waals surface area contributed by atoms with Crippen LogP contribution < -0.4 is 59.3 Å². The number of allylic oxidation sites excluding steroid dienone is 1. The van der Waals surface area contributed by atoms with Gasteiger partial charge in [-0.05, 0) is 91.0 Å². The Labute approximate surface area is 718 Å². The highest BCUT2D eigenvalue weighted by molar-refractivity contribution is 6.02. The van der Waals surface area contributed by atoms with Crippen LogP contribution in [0, 0.1) is 0 Å². The average molecular weight is 1770 g/mol. The highest BCUT2D eigenvalue weighted by atomic mass is 16.7. The summed E-state index contributed by atoms with van der Waals surface area (Å²) in [5.74, 6) is -15.2. The van der Waals surface area contributed by atoms with Crippen LogP contribution in [-0.2, 0) is 97.1 Å². The normalized spacial score (nSPS) is 30.7. The zero-order valence-electron chi connectivity index (χ0n) is 71.3. The van der Waals surface area contributed by atoms with Crippen molar-refractivity contribution >= 4 is 70.9 Å². The number of benzene rings is 1. The number of nitrogens with one attached hydrogen (secondary N) is 9. The molecule has 0 aromatic heterocycles. The molecule has 4 aliphatic heterocycles. The lowest BCUT2D eigenvalue weighted by molar-refractivity contribution is -0.339. The molecule has 0 spiro atoms. The van der Waals surface area contributed by atoms with E-state index in [0.717, 1.165) is 99.1 Å². The Morgan fingerprint density at radius 2 is 1.24 bits per heavy atom. The van der Waals surface area contributed by atoms with Crippen LogP contribution in [0.5, 0.6) is 5.75 Å². The predicted octanol–water partition coefficient (Wildman–Crippen LogP) is -7.25. The number of hydrogen-bond acceptors (Lipinski definition) is 33. The Bertz CT molecular complexity index is 3610. The van der Waals surface area contributed by atoms with Crippen LogP contribution in [0.15, 0.2) is 36.0 Å². The standard InChI is InChI=1S/C80H132N12O32/c1-9-11-12-13-14-15-16-17-18-19-20-21-22-26-51(121-79-67(108)68(50(99)38-118-79)124-78-59(84-43(7)97)64(105)61(102)52(36-93)122-78)63(104)76(116)90-57(40(4)96)73(113)91-58-41(5)119-77(117)48(25-23-24-33-81)87-75(115)60(42(6)120-80-66(107)65(106)62(103)53(37-94)123-80)92(8)55(101)35-83-69(109)47(31-32-54(82)100)86-70(110)46(10-2)85-71(111)49(34-44-27-29-45(98)30-28-44)88-72(112)56(39(3)95)89-74(58)114/h10,27-30,39-42,47-53,56-68,78-80,93-96,98-99,102-108H,9,11-26,31-38,81H2,1-8H3,(H2,82,100)(H,83,109)(H,84,97)(H,85,111)(H,86,110)(H,87,115)(H,88,112)(H,89,114)(H,90,116)(H,91,113). The van der Waals surface area contributed by atoms with E-state index < -0.39 is 287 Å². The van der Waals surface area contributed by atoms with Gasteiger partial charge in [0.05, 0.1) is 50.8 Å². The maximum absolute atomic E-state index is 15.3. The largest absolute Gasteiger partial charge is 0.508 e. The third kappa shape index (κ3) is 32.5. The molecular weight excluding hydrogens is 1640 g/mol. The molecule has 27 atom stereocenters. The minimum absolute atomic E-state index is 0.00210. The lowest BCUT2D eigenvalue weighted by atomic mass is 9.96. The van der Waals surface area contributed by atoms with Gasteiger partial charge in [-0.15, -0.1) is 0 Å². The smallest absolute Gasteiger partial charge is 0.328 e. The molecular formula is C80H132N12O32. The van der Waals surface area contributed by atoms with E-state index in [2.05, 4.69) is 54.8 Å². The summed E-state index contributed by atoms with van der Waals surface area (Å²) >= 11 is 0. The Hall–Kier alpha value is -8.36. The predicted molar refractivity (Wildman–Crippen MR) is 433 cm³/mol. The van der Waals surface area contributed by atoms with Crippen molar-refractivity contribution in [1.29, 1.82) is 0 Å². The highest BCUT2D eigenvalue weighted by Crippen LogP contribution is 2.31. The van der Waals surface area contributed by atoms with Gasteiger partial charge in [0.25, 0.3) is 11.8 Å². The van der Waals surface area contributed by atoms with Crippen molar-refractivity contribution in [2.75, 3.05) is 40.0 Å². The molecule has 5 rings (SSSR count). The lowest BCUT2D eigenvalue weighted by Crippen LogP contribution is -2.67. The SMILES string of the molecule is CC=C1NC(=O)C(Cc2ccc(O)cc2)NC(=O)C(C(C)O)NC(=O)C(NC(=O)C(NC(=O)C(O)C(CCCCCCCCCCCCCCC)OC2OCC(O)C(OC3OC(CO)C(O)C(O)C3NC(C)=O)C2O)C(C)O)C(C)OC(=O)C(CCCCN)NC(=O)C(C(C)OC2OC(CO)C(O)C(O)C2O)N(C)C(=O)CNC(=O)C(CCC(N)=O)NC1=O. The van der Waals surface area contributed by atoms with Gasteiger partial charge in [-0.3, -0.25) is 52.7 Å². The molecule has 11 amide bonds. The first kappa shape index (κ1) is 106. The minimum atomic E-state index is -2.38. The molecule has 44 heteroatoms. The van der Waals surface area contributed by atoms with Crippen molar-refractivity contribution in [3.05, 3.63) is 41.6 Å². The molecule has 0 bridgehead atoms. The molecule has 1 aromatic carbocycles. The van der Waals surface area contributed by atoms with E-state index in [1.54, 1.807) is 0 Å². The second kappa shape index (κ2) is 53.3. The monoisotopic (exact) mass is 1770 g/mol. The van der Waals surface area contributed by atoms with Crippen molar-refractivity contribution < 1.29 is 157 Å². The molecule has 4 aliphatic rings. The number of aromatic hydroxyl groups is 1. The minimum Gasteiger partial charge on any atom is -0.508 e. The third-order valence-corrected chi connectivity index (χ3v) is 21.8. The van der Waals surface area contributed by atoms with E-state index in [0.29, 0.717) is 17.7 Å². The van der Waals surface area contributed by atoms with E-state index in [1.807, 2.05) is 0 Å². The molecule has 0 aliphatic carbocycles. The molecule has 44 nitrogen and oxygen atoms in total. The van der Waals surface area contributed by atoms with Gasteiger partial charge in [0.1, 0.15) is 127 Å². The number of aliphatic hydroxyl groups is 12. The number of unbranched alkanes of at least 4 members (excludes halogenated alkanes) is 13. The van der Waals surface area contributed by atoms with Crippen LogP contribution in [0.1, 0.15) is 176 Å². The number of phenolic OH excluding ortho intramolecular Hbond substituents is 1. The van der Waals surface area contributed by atoms with Crippen molar-refractivity contribution in [2.24, 2.45) is 11.5 Å². The Balaban J connectivity index is 1.60. The van der Waals surface area contributed by atoms with Crippen molar-refractivity contribution in [3.8, 4) is 5.75 Å². The van der Waals surface area contributed by atoms with Gasteiger partial charge in [0.15, 0.2) is 25.0 Å². The molecule has 1 aromatic rings. The molecule has 27 unspecified atom stereocenters. The van der Waals surface area contributed by atoms with E-state index in [1.165, 1.54) is 44.0 Å². The van der Waals surface area contributed by atoms with E-state index in [9.17, 15) is 105 Å². The number of rotatable bonds is 40. The van der Waals surface area contributed by atoms with Crippen LogP contribution in [0.3, 0.4) is 0 Å². The highest BCUT2D eigenvalue weighted by Gasteiger charge is 2.52. The molecule has 0 saturated carbocycles. The summed E-state index contributed by atoms with van der Waals surface area (Å²) in [6.07, 6.45) is -24.8. The van der Waals surface area contributed by atoms with Gasteiger partial charge < -0.3 is 164 Å². The van der Waals surface area contributed by atoms with E-state index in [4.69, 9.17) is 44.6 Å². The third-order valence-electron chi connectivity index (χ3n) is 21.8. The van der Waals surface area contributed by atoms with Gasteiger partial charge >= 0.3 is 5.97 Å². The number of ether oxygens (including phenoxy) is 7. The number of hydrogen-bond donors (Lipinski definition) is 24. The number of carbonyl (C=O) groups excluding carboxylic acids is 12. The first-order chi connectivity index (χ1) is 58.7. The maximum atomic E-state index is 15.3. The quantitative estimate of drug-likeness (QED) is 0.0165. The van der Waals surface area contributed by atoms with Crippen LogP contribution >= 0.6 is 0 Å². The number of esters is 1. The second-order valence-corrected chi connectivity index (χ2v) is 31.7. The molecule has 0 radical (unpaired) electrons. The number of amides is 11. The Morgan fingerprint density at radius 1 is 0.653 bits per heavy atom. The molecule has 124 heavy (non-hydrogen) atoms. The number of nitrogens with two attached hydrogens (primary N) is 2. The van der Waals surface area contributed by atoms with Gasteiger partial charge in [-0.2, -0.15) is 0 Å². The fourth-order valence-corrected chi connectivity index (χ4v) is 14.4. The number of carbonyl (C=O) groups is 12. The van der Waals surface area contributed by atoms with Crippen molar-refractivity contribution in [3.63, 3.8) is 0 Å². The van der Waals surface area contributed by atoms with Crippen LogP contribution in [0.4, 0.5) is 0 Å². The molecule has 704 valence electrons. The Kier molecular flexibility index (Phi) is 45.7. The number of aliphatic hydroxyl groups excluding tert-OH is 12. The number of phenols is 1. The van der Waals surface area contributed by atoms with Crippen molar-refractivity contribution in [1.82, 2.24) is 52.8 Å². The topological polar surface area (TPSA) is 696 Å². The zero-order valence-corrected chi connectivity index (χ0v) is 71.3. The van der Waals surface area contributed by atoms with Gasteiger partial charge in [0, 0.05) is 26.8 Å². The summed E-state index contributed by atoms with van der Waals surface area (Å²) in [6.45, 7) is 5.11. The molecule has 4 saturated heterocycles. The molecule has 4 fully saturated rings. The number of likely N-dealkylation sites (N-methyl/N-ethyl adjacent to an activating group) is 1. The van der Waals surface area contributed by atoms with Gasteiger partial charge in [-0.1, -0.05) is 109 Å². The van der Waals surface area contributed by atoms with E-state index >= 15 is 19.2 Å². The number of cyclic esters (lactones) is 1. The van der Waals surface area contributed by atoms with Gasteiger partial charge in [0.2, 0.25) is 53.2 Å². The fourth-order valence-electron chi connectivity index (χ4n) is 14.4. The summed E-state index contributed by atoms with van der Waals surface area (Å²) in [5.41, 5.74) is 10.9. The zero-order chi connectivity index (χ0) is 92.4. The number of nitrogens with zero attached hydrogens (tertiary/aromatic N) is 1.